The molecule has 0 bridgehead atoms. The van der Waals surface area contributed by atoms with Crippen molar-refractivity contribution in [3.63, 3.8) is 0 Å². The molecule has 0 fully saturated rings. The van der Waals surface area contributed by atoms with Gasteiger partial charge in [0.1, 0.15) is 12.4 Å². The van der Waals surface area contributed by atoms with E-state index in [4.69, 9.17) is 14.2 Å². The summed E-state index contributed by atoms with van der Waals surface area (Å²) >= 11 is 3.31. The average Bonchev–Trinajstić information content (AvgIpc) is 2.53. The molecule has 0 spiro atoms. The summed E-state index contributed by atoms with van der Waals surface area (Å²) < 4.78 is 17.0. The highest BCUT2D eigenvalue weighted by Gasteiger charge is 2.11. The fourth-order valence-electron chi connectivity index (χ4n) is 1.89. The van der Waals surface area contributed by atoms with Gasteiger partial charge in [0.15, 0.2) is 17.8 Å². The number of rotatable bonds is 6. The van der Waals surface area contributed by atoms with E-state index in [0.717, 1.165) is 17.6 Å². The molecule has 0 unspecified atom stereocenters. The van der Waals surface area contributed by atoms with Crippen LogP contribution in [0.1, 0.15) is 15.9 Å². The van der Waals surface area contributed by atoms with Crippen LogP contribution in [0.15, 0.2) is 40.9 Å². The largest absolute Gasteiger partial charge is 0.496 e. The van der Waals surface area contributed by atoms with Crippen molar-refractivity contribution in [3.8, 4) is 17.2 Å². The summed E-state index contributed by atoms with van der Waals surface area (Å²) in [7, 11) is 3.17. The van der Waals surface area contributed by atoms with Crippen molar-refractivity contribution >= 4 is 22.2 Å². The number of hydrogen-bond acceptors (Lipinski definition) is 4. The lowest BCUT2D eigenvalue weighted by Gasteiger charge is -2.13. The van der Waals surface area contributed by atoms with Gasteiger partial charge in [-0.3, -0.25) is 4.79 Å². The van der Waals surface area contributed by atoms with Crippen molar-refractivity contribution in [3.05, 3.63) is 52.0 Å². The summed E-state index contributed by atoms with van der Waals surface area (Å²) in [4.78, 5) is 11.0. The van der Waals surface area contributed by atoms with Crippen LogP contribution in [0.25, 0.3) is 0 Å². The standard InChI is InChI=1S/C16H15BrO4/c1-19-14-6-4-3-5-11(14)10-21-16-7-12(9-18)13(17)8-15(16)20-2/h3-9H,10H2,1-2H3. The first-order chi connectivity index (χ1) is 10.2. The lowest BCUT2D eigenvalue weighted by molar-refractivity contribution is 0.112. The molecule has 0 aliphatic rings. The molecule has 4 nitrogen and oxygen atoms in total. The Morgan fingerprint density at radius 2 is 1.76 bits per heavy atom. The Kier molecular flexibility index (Phi) is 5.22. The Morgan fingerprint density at radius 1 is 1.05 bits per heavy atom. The van der Waals surface area contributed by atoms with Crippen LogP contribution in [-0.2, 0) is 6.61 Å². The molecule has 0 radical (unpaired) electrons. The second kappa shape index (κ2) is 7.13. The minimum absolute atomic E-state index is 0.320. The molecule has 2 aromatic rings. The van der Waals surface area contributed by atoms with Crippen LogP contribution in [0, 0.1) is 0 Å². The molecule has 2 rings (SSSR count). The fourth-order valence-corrected chi connectivity index (χ4v) is 2.31. The first kappa shape index (κ1) is 15.4. The number of carbonyl (C=O) groups is 1. The van der Waals surface area contributed by atoms with Crippen LogP contribution >= 0.6 is 15.9 Å². The van der Waals surface area contributed by atoms with E-state index >= 15 is 0 Å². The zero-order chi connectivity index (χ0) is 15.2. The van der Waals surface area contributed by atoms with Gasteiger partial charge in [0.25, 0.3) is 0 Å². The molecule has 0 N–H and O–H groups in total. The second-order valence-electron chi connectivity index (χ2n) is 4.24. The van der Waals surface area contributed by atoms with Crippen molar-refractivity contribution in [2.45, 2.75) is 6.61 Å². The van der Waals surface area contributed by atoms with E-state index in [1.54, 1.807) is 26.4 Å². The van der Waals surface area contributed by atoms with Crippen LogP contribution in [0.3, 0.4) is 0 Å². The predicted molar refractivity (Wildman–Crippen MR) is 83.4 cm³/mol. The molecule has 0 aliphatic carbocycles. The molecule has 21 heavy (non-hydrogen) atoms. The summed E-state index contributed by atoms with van der Waals surface area (Å²) in [6, 6.07) is 11.0. The summed E-state index contributed by atoms with van der Waals surface area (Å²) in [6.45, 7) is 0.320. The van der Waals surface area contributed by atoms with Gasteiger partial charge in [0.2, 0.25) is 0 Å². The lowest BCUT2D eigenvalue weighted by atomic mass is 10.2. The van der Waals surface area contributed by atoms with Gasteiger partial charge >= 0.3 is 0 Å². The Balaban J connectivity index is 2.25. The van der Waals surface area contributed by atoms with Gasteiger partial charge in [-0.2, -0.15) is 0 Å². The van der Waals surface area contributed by atoms with Gasteiger partial charge < -0.3 is 14.2 Å². The molecule has 0 aliphatic heterocycles. The van der Waals surface area contributed by atoms with E-state index in [9.17, 15) is 4.79 Å². The van der Waals surface area contributed by atoms with Gasteiger partial charge in [-0.05, 0) is 34.1 Å². The normalized spacial score (nSPS) is 10.0. The smallest absolute Gasteiger partial charge is 0.162 e. The Labute approximate surface area is 131 Å². The highest BCUT2D eigenvalue weighted by molar-refractivity contribution is 9.10. The van der Waals surface area contributed by atoms with Crippen LogP contribution < -0.4 is 14.2 Å². The van der Waals surface area contributed by atoms with Crippen LogP contribution in [-0.4, -0.2) is 20.5 Å². The molecule has 0 atom stereocenters. The molecule has 0 saturated carbocycles. The third kappa shape index (κ3) is 3.55. The summed E-state index contributed by atoms with van der Waals surface area (Å²) in [5.74, 6) is 1.82. The van der Waals surface area contributed by atoms with E-state index in [0.29, 0.717) is 28.1 Å². The van der Waals surface area contributed by atoms with Crippen molar-refractivity contribution < 1.29 is 19.0 Å². The SMILES string of the molecule is COc1ccccc1COc1cc(C=O)c(Br)cc1OC. The number of ether oxygens (including phenoxy) is 3. The molecule has 110 valence electrons. The van der Waals surface area contributed by atoms with E-state index in [1.165, 1.54) is 0 Å². The van der Waals surface area contributed by atoms with Gasteiger partial charge in [-0.25, -0.2) is 0 Å². The van der Waals surface area contributed by atoms with Gasteiger partial charge in [0.05, 0.1) is 14.2 Å². The topological polar surface area (TPSA) is 44.8 Å². The fraction of sp³-hybridized carbons (Fsp3) is 0.188. The molecular formula is C16H15BrO4. The third-order valence-corrected chi connectivity index (χ3v) is 3.67. The molecule has 0 amide bonds. The maximum Gasteiger partial charge on any atom is 0.162 e. The van der Waals surface area contributed by atoms with Crippen molar-refractivity contribution in [1.29, 1.82) is 0 Å². The summed E-state index contributed by atoms with van der Waals surface area (Å²) in [5.41, 5.74) is 1.42. The first-order valence-corrected chi connectivity index (χ1v) is 7.06. The highest BCUT2D eigenvalue weighted by Crippen LogP contribution is 2.33. The number of methoxy groups -OCH3 is 2. The first-order valence-electron chi connectivity index (χ1n) is 6.27. The third-order valence-electron chi connectivity index (χ3n) is 2.99. The molecule has 0 aromatic heterocycles. The Morgan fingerprint density at radius 3 is 2.43 bits per heavy atom. The second-order valence-corrected chi connectivity index (χ2v) is 5.10. The highest BCUT2D eigenvalue weighted by atomic mass is 79.9. The maximum absolute atomic E-state index is 11.0. The van der Waals surface area contributed by atoms with Crippen molar-refractivity contribution in [2.24, 2.45) is 0 Å². The lowest BCUT2D eigenvalue weighted by Crippen LogP contribution is -2.01. The number of hydrogen-bond donors (Lipinski definition) is 0. The average molecular weight is 351 g/mol. The van der Waals surface area contributed by atoms with Crippen LogP contribution in [0.5, 0.6) is 17.2 Å². The number of halogens is 1. The van der Waals surface area contributed by atoms with Gasteiger partial charge in [0, 0.05) is 15.6 Å². The van der Waals surface area contributed by atoms with E-state index in [-0.39, 0.29) is 0 Å². The number of para-hydroxylation sites is 1. The molecule has 2 aromatic carbocycles. The van der Waals surface area contributed by atoms with Crippen molar-refractivity contribution in [2.75, 3.05) is 14.2 Å². The molecule has 0 saturated heterocycles. The predicted octanol–water partition coefficient (Wildman–Crippen LogP) is 3.86. The van der Waals surface area contributed by atoms with Gasteiger partial charge in [-0.15, -0.1) is 0 Å². The zero-order valence-corrected chi connectivity index (χ0v) is 13.3. The van der Waals surface area contributed by atoms with Crippen LogP contribution in [0.2, 0.25) is 0 Å². The van der Waals surface area contributed by atoms with Gasteiger partial charge in [-0.1, -0.05) is 18.2 Å². The van der Waals surface area contributed by atoms with Crippen LogP contribution in [0.4, 0.5) is 0 Å². The molecule has 5 heteroatoms. The van der Waals surface area contributed by atoms with E-state index in [1.807, 2.05) is 24.3 Å². The molecule has 0 heterocycles. The monoisotopic (exact) mass is 350 g/mol. The quantitative estimate of drug-likeness (QED) is 0.742. The summed E-state index contributed by atoms with van der Waals surface area (Å²) in [6.07, 6.45) is 0.763. The van der Waals surface area contributed by atoms with E-state index < -0.39 is 0 Å². The Hall–Kier alpha value is -2.01. The van der Waals surface area contributed by atoms with E-state index in [2.05, 4.69) is 15.9 Å². The number of benzene rings is 2. The Bertz CT molecular complexity index is 640. The number of aldehydes is 1. The minimum Gasteiger partial charge on any atom is -0.496 e. The number of carbonyl (C=O) groups excluding carboxylic acids is 1. The zero-order valence-electron chi connectivity index (χ0n) is 11.8. The maximum atomic E-state index is 11.0. The minimum atomic E-state index is 0.320. The molecular weight excluding hydrogens is 336 g/mol. The van der Waals surface area contributed by atoms with Crippen molar-refractivity contribution in [1.82, 2.24) is 0 Å². The summed E-state index contributed by atoms with van der Waals surface area (Å²) in [5, 5.41) is 0.